The number of aryl methyl sites for hydroxylation is 1. The van der Waals surface area contributed by atoms with Crippen molar-refractivity contribution in [2.45, 2.75) is 55.4 Å². The van der Waals surface area contributed by atoms with E-state index in [0.29, 0.717) is 6.42 Å². The molecule has 0 spiro atoms. The molecule has 0 saturated carbocycles. The monoisotopic (exact) mass is 731 g/mol. The first kappa shape index (κ1) is 39.3. The lowest BCUT2D eigenvalue weighted by Gasteiger charge is -2.17. The van der Waals surface area contributed by atoms with Gasteiger partial charge >= 0.3 is 10.2 Å². The molecule has 0 radical (unpaired) electrons. The summed E-state index contributed by atoms with van der Waals surface area (Å²) in [6.07, 6.45) is 0.676. The maximum atomic E-state index is 13.2. The average molecular weight is 733 g/mol. The lowest BCUT2D eigenvalue weighted by Crippen LogP contribution is -2.34. The molecule has 10 nitrogen and oxygen atoms in total. The van der Waals surface area contributed by atoms with Crippen molar-refractivity contribution in [2.75, 3.05) is 5.75 Å². The van der Waals surface area contributed by atoms with E-state index in [4.69, 9.17) is 46.4 Å². The molecule has 0 aliphatic carbocycles. The van der Waals surface area contributed by atoms with Gasteiger partial charge in [0.2, 0.25) is 16.0 Å². The normalized spacial score (nSPS) is 12.5. The molecule has 0 fully saturated rings. The van der Waals surface area contributed by atoms with Crippen LogP contribution < -0.4 is 0 Å². The topological polar surface area (TPSA) is 163 Å². The molecule has 3 rings (SSSR count). The van der Waals surface area contributed by atoms with Gasteiger partial charge in [-0.3, -0.25) is 24.5 Å². The van der Waals surface area contributed by atoms with Crippen LogP contribution in [0.15, 0.2) is 64.4 Å². The highest BCUT2D eigenvalue weighted by molar-refractivity contribution is 7.92. The maximum absolute atomic E-state index is 13.2. The van der Waals surface area contributed by atoms with E-state index in [2.05, 4.69) is 0 Å². The zero-order valence-electron chi connectivity index (χ0n) is 23.4. The van der Waals surface area contributed by atoms with Gasteiger partial charge in [-0.1, -0.05) is 60.5 Å². The van der Waals surface area contributed by atoms with Gasteiger partial charge in [0.05, 0.1) is 15.5 Å². The average Bonchev–Trinajstić information content (AvgIpc) is 2.91. The van der Waals surface area contributed by atoms with E-state index in [1.54, 1.807) is 25.1 Å². The molecule has 0 saturated heterocycles. The first-order valence-electron chi connectivity index (χ1n) is 12.3. The van der Waals surface area contributed by atoms with Crippen molar-refractivity contribution in [3.63, 3.8) is 0 Å². The Hall–Kier alpha value is -2.68. The number of rotatable bonds is 10. The Bertz CT molecular complexity index is 1770. The largest absolute Gasteiger partial charge is 0.332 e. The fourth-order valence-electron chi connectivity index (χ4n) is 3.39. The number of halogens is 5. The number of carbonyl (C=O) groups excluding carboxylic acids is 3. The predicted molar refractivity (Wildman–Crippen MR) is 167 cm³/mol. The third-order valence-corrected chi connectivity index (χ3v) is 9.75. The second-order valence-corrected chi connectivity index (χ2v) is 14.3. The van der Waals surface area contributed by atoms with Crippen molar-refractivity contribution in [3.8, 4) is 0 Å². The number of nitro groups is 1. The molecule has 17 heteroatoms. The molecule has 1 atom stereocenters. The van der Waals surface area contributed by atoms with Gasteiger partial charge in [-0.25, -0.2) is 8.42 Å². The number of fused-ring (bicyclic) bond motifs is 1. The third-order valence-electron chi connectivity index (χ3n) is 6.16. The van der Waals surface area contributed by atoms with E-state index >= 15 is 0 Å². The van der Waals surface area contributed by atoms with Crippen LogP contribution in [0.4, 0.5) is 3.89 Å². The summed E-state index contributed by atoms with van der Waals surface area (Å²) in [5.41, 5.74) is -0.292. The molecule has 3 aromatic carbocycles. The molecule has 0 N–H and O–H groups in total. The van der Waals surface area contributed by atoms with Gasteiger partial charge in [0.1, 0.15) is 10.6 Å². The Morgan fingerprint density at radius 1 is 0.932 bits per heavy atom. The zero-order valence-corrected chi connectivity index (χ0v) is 28.0. The Kier molecular flexibility index (Phi) is 14.8. The number of carbonyl (C=O) groups is 3. The summed E-state index contributed by atoms with van der Waals surface area (Å²) in [4.78, 5) is 41.7. The Labute approximate surface area is 273 Å². The molecule has 44 heavy (non-hydrogen) atoms. The molecule has 3 aromatic rings. The fourth-order valence-corrected chi connectivity index (χ4v) is 6.14. The number of nitrogens with zero attached hydrogens (tertiary/aromatic N) is 1. The molecule has 1 unspecified atom stereocenters. The van der Waals surface area contributed by atoms with Crippen molar-refractivity contribution in [2.24, 2.45) is 0 Å². The van der Waals surface area contributed by atoms with Crippen LogP contribution in [0.1, 0.15) is 49.0 Å². The highest BCUT2D eigenvalue weighted by Gasteiger charge is 2.34. The molecule has 0 aliphatic heterocycles. The van der Waals surface area contributed by atoms with Gasteiger partial charge < -0.3 is 0 Å². The number of sulfone groups is 1. The van der Waals surface area contributed by atoms with Crippen molar-refractivity contribution in [1.29, 1.82) is 0 Å². The molecule has 240 valence electrons. The van der Waals surface area contributed by atoms with Gasteiger partial charge in [0, 0.05) is 41.9 Å². The van der Waals surface area contributed by atoms with Gasteiger partial charge in [-0.05, 0) is 59.9 Å². The van der Waals surface area contributed by atoms with Crippen LogP contribution in [0.25, 0.3) is 10.8 Å². The van der Waals surface area contributed by atoms with E-state index in [-0.39, 0.29) is 44.0 Å². The van der Waals surface area contributed by atoms with Gasteiger partial charge in [0.25, 0.3) is 5.24 Å². The summed E-state index contributed by atoms with van der Waals surface area (Å²) in [5, 5.41) is 8.53. The highest BCUT2D eigenvalue weighted by Crippen LogP contribution is 2.34. The van der Waals surface area contributed by atoms with Gasteiger partial charge in [-0.15, -0.1) is 3.89 Å². The van der Waals surface area contributed by atoms with Gasteiger partial charge in [0.15, 0.2) is 9.84 Å². The highest BCUT2D eigenvalue weighted by atomic mass is 35.5. The van der Waals surface area contributed by atoms with Crippen molar-refractivity contribution >= 4 is 93.0 Å². The Morgan fingerprint density at radius 2 is 1.45 bits per heavy atom. The quantitative estimate of drug-likeness (QED) is 0.121. The number of hydrogen-bond donors (Lipinski definition) is 0. The SMILES string of the molecule is CCC(C)(CCC(=O)Cl)[N+](=O)[O-].Cc1ccc(S(=O)(=O)CC(=O)Cl)cc1.O=C(Cl)c1cc(S(=O)(=O)F)c2ccccc2c1Cl. The number of benzene rings is 3. The van der Waals surface area contributed by atoms with Crippen molar-refractivity contribution in [1.82, 2.24) is 0 Å². The molecular weight excluding hydrogens is 707 g/mol. The minimum atomic E-state index is -4.97. The number of hydrogen-bond acceptors (Lipinski definition) is 9. The molecule has 0 amide bonds. The second-order valence-electron chi connectivity index (χ2n) is 9.38. The minimum Gasteiger partial charge on any atom is -0.281 e. The smallest absolute Gasteiger partial charge is 0.281 e. The summed E-state index contributed by atoms with van der Waals surface area (Å²) in [6, 6.07) is 13.1. The minimum absolute atomic E-state index is 0.00185. The van der Waals surface area contributed by atoms with E-state index in [1.807, 2.05) is 6.92 Å². The van der Waals surface area contributed by atoms with E-state index in [1.165, 1.54) is 37.3 Å². The Morgan fingerprint density at radius 3 is 1.86 bits per heavy atom. The third kappa shape index (κ3) is 11.7. The van der Waals surface area contributed by atoms with Crippen LogP contribution in [0.5, 0.6) is 0 Å². The zero-order chi connectivity index (χ0) is 34.0. The fraction of sp³-hybridized carbons (Fsp3) is 0.296. The van der Waals surface area contributed by atoms with Crippen LogP contribution >= 0.6 is 46.4 Å². The van der Waals surface area contributed by atoms with Crippen LogP contribution in [-0.2, 0) is 29.6 Å². The summed E-state index contributed by atoms with van der Waals surface area (Å²) in [7, 11) is -8.53. The first-order chi connectivity index (χ1) is 20.2. The summed E-state index contributed by atoms with van der Waals surface area (Å²) >= 11 is 21.3. The first-order valence-corrected chi connectivity index (χ1v) is 16.9. The van der Waals surface area contributed by atoms with Crippen LogP contribution in [0.2, 0.25) is 5.02 Å². The molecule has 0 heterocycles. The van der Waals surface area contributed by atoms with Crippen LogP contribution in [-0.4, -0.2) is 48.8 Å². The maximum Gasteiger partial charge on any atom is 0.332 e. The molecule has 0 bridgehead atoms. The molecule has 0 aromatic heterocycles. The molecular formula is C27H26Cl4FNO9S2. The van der Waals surface area contributed by atoms with E-state index in [0.717, 1.165) is 11.6 Å². The standard InChI is InChI=1S/C11H5Cl2FO3S.C9H9ClO3S.C7H12ClNO3/c12-10-7-4-2-1-3-6(7)9(18(14,16)17)5-8(10)11(13)15;1-7-2-4-8(5-3-7)14(12,13)6-9(10)11;1-3-7(2,9(11)12)5-4-6(8)10/h1-5H;2-5H,6H2,1H3;3-5H2,1-2H3. The second kappa shape index (κ2) is 16.6. The molecule has 0 aliphatic rings. The lowest BCUT2D eigenvalue weighted by molar-refractivity contribution is -0.566. The van der Waals surface area contributed by atoms with Gasteiger partial charge in [-0.2, -0.15) is 8.42 Å². The summed E-state index contributed by atoms with van der Waals surface area (Å²) in [6.45, 7) is 5.09. The summed E-state index contributed by atoms with van der Waals surface area (Å²) in [5.74, 6) is -0.655. The summed E-state index contributed by atoms with van der Waals surface area (Å²) < 4.78 is 58.2. The van der Waals surface area contributed by atoms with E-state index in [9.17, 15) is 45.2 Å². The lowest BCUT2D eigenvalue weighted by atomic mass is 9.94. The predicted octanol–water partition coefficient (Wildman–Crippen LogP) is 7.04. The van der Waals surface area contributed by atoms with Crippen LogP contribution in [0.3, 0.4) is 0 Å². The Balaban J connectivity index is 0.000000339. The van der Waals surface area contributed by atoms with Crippen molar-refractivity contribution < 1.29 is 40.0 Å². The van der Waals surface area contributed by atoms with E-state index < -0.39 is 52.0 Å². The van der Waals surface area contributed by atoms with Crippen molar-refractivity contribution in [3.05, 3.63) is 80.9 Å². The van der Waals surface area contributed by atoms with Crippen LogP contribution in [0, 0.1) is 17.0 Å².